The van der Waals surface area contributed by atoms with Crippen LogP contribution in [0, 0.1) is 17.8 Å². The molecule has 0 aromatic carbocycles. The molecular weight excluding hydrogens is 230 g/mol. The molecule has 0 radical (unpaired) electrons. The summed E-state index contributed by atoms with van der Waals surface area (Å²) in [7, 11) is 0. The Kier molecular flexibility index (Phi) is 4.63. The number of likely N-dealkylation sites (N-methyl/N-ethyl adjacent to an activating group) is 1. The second-order valence-corrected chi connectivity index (χ2v) is 7.08. The molecule has 0 aliphatic heterocycles. The van der Waals surface area contributed by atoms with E-state index < -0.39 is 0 Å². The Balaban J connectivity index is 1.65. The average molecular weight is 261 g/mol. The number of allylic oxidation sites excluding steroid dienone is 1. The van der Waals surface area contributed by atoms with Gasteiger partial charge in [0.15, 0.2) is 0 Å². The summed E-state index contributed by atoms with van der Waals surface area (Å²) in [4.78, 5) is 0. The molecule has 3 rings (SSSR count). The van der Waals surface area contributed by atoms with Crippen molar-refractivity contribution in [3.8, 4) is 0 Å². The van der Waals surface area contributed by atoms with Gasteiger partial charge in [-0.1, -0.05) is 44.3 Å². The Labute approximate surface area is 119 Å². The smallest absolute Gasteiger partial charge is 0.0307 e. The zero-order valence-electron chi connectivity index (χ0n) is 12.7. The van der Waals surface area contributed by atoms with Crippen molar-refractivity contribution < 1.29 is 0 Å². The normalized spacial score (nSPS) is 36.7. The predicted octanol–water partition coefficient (Wildman–Crippen LogP) is 4.68. The minimum atomic E-state index is 0.718. The van der Waals surface area contributed by atoms with E-state index in [2.05, 4.69) is 18.3 Å². The van der Waals surface area contributed by atoms with Crippen molar-refractivity contribution in [2.24, 2.45) is 17.8 Å². The molecule has 1 nitrogen and oxygen atoms in total. The van der Waals surface area contributed by atoms with Crippen LogP contribution in [0.5, 0.6) is 0 Å². The second kappa shape index (κ2) is 6.43. The van der Waals surface area contributed by atoms with Gasteiger partial charge in [-0.05, 0) is 62.8 Å². The van der Waals surface area contributed by atoms with Crippen LogP contribution >= 0.6 is 0 Å². The molecule has 0 spiro atoms. The second-order valence-electron chi connectivity index (χ2n) is 7.08. The Morgan fingerprint density at radius 2 is 1.95 bits per heavy atom. The van der Waals surface area contributed by atoms with Crippen LogP contribution in [-0.2, 0) is 0 Å². The van der Waals surface area contributed by atoms with E-state index in [0.717, 1.165) is 30.3 Å². The topological polar surface area (TPSA) is 12.0 Å². The lowest BCUT2D eigenvalue weighted by molar-refractivity contribution is 0.116. The zero-order valence-corrected chi connectivity index (χ0v) is 12.7. The molecule has 0 amide bonds. The average Bonchev–Trinajstić information content (AvgIpc) is 2.98. The highest BCUT2D eigenvalue weighted by atomic mass is 14.9. The van der Waals surface area contributed by atoms with Gasteiger partial charge in [0.25, 0.3) is 0 Å². The number of fused-ring (bicyclic) bond motifs is 1. The minimum Gasteiger partial charge on any atom is -0.310 e. The lowest BCUT2D eigenvalue weighted by Gasteiger charge is -2.42. The van der Waals surface area contributed by atoms with E-state index in [1.54, 1.807) is 5.57 Å². The molecule has 2 fully saturated rings. The molecule has 108 valence electrons. The molecular formula is C18H31N. The van der Waals surface area contributed by atoms with Gasteiger partial charge in [0.05, 0.1) is 0 Å². The fourth-order valence-electron chi connectivity index (χ4n) is 5.01. The first-order valence-corrected chi connectivity index (χ1v) is 8.80. The molecule has 2 saturated carbocycles. The molecule has 19 heavy (non-hydrogen) atoms. The molecule has 3 aliphatic carbocycles. The highest BCUT2D eigenvalue weighted by Crippen LogP contribution is 2.45. The Hall–Kier alpha value is -0.300. The van der Waals surface area contributed by atoms with Crippen molar-refractivity contribution in [3.05, 3.63) is 11.6 Å². The summed E-state index contributed by atoms with van der Waals surface area (Å²) in [6, 6.07) is 0.718. The molecule has 3 aliphatic rings. The fourth-order valence-corrected chi connectivity index (χ4v) is 5.01. The number of hydrogen-bond donors (Lipinski definition) is 1. The zero-order chi connectivity index (χ0) is 13.1. The van der Waals surface area contributed by atoms with Crippen molar-refractivity contribution in [2.75, 3.05) is 6.54 Å². The SMILES string of the molecule is CCNC(C1=CCCC1)C1CCC2CCCCC2C1. The van der Waals surface area contributed by atoms with Crippen LogP contribution < -0.4 is 5.32 Å². The molecule has 1 N–H and O–H groups in total. The van der Waals surface area contributed by atoms with Gasteiger partial charge >= 0.3 is 0 Å². The molecule has 1 heteroatoms. The Bertz CT molecular complexity index is 320. The van der Waals surface area contributed by atoms with Crippen LogP contribution in [0.3, 0.4) is 0 Å². The van der Waals surface area contributed by atoms with Crippen molar-refractivity contribution in [1.82, 2.24) is 5.32 Å². The Morgan fingerprint density at radius 1 is 1.11 bits per heavy atom. The van der Waals surface area contributed by atoms with E-state index in [1.165, 1.54) is 64.2 Å². The molecule has 0 saturated heterocycles. The maximum atomic E-state index is 3.82. The van der Waals surface area contributed by atoms with E-state index in [9.17, 15) is 0 Å². The van der Waals surface area contributed by atoms with Crippen LogP contribution in [0.15, 0.2) is 11.6 Å². The predicted molar refractivity (Wildman–Crippen MR) is 82.2 cm³/mol. The van der Waals surface area contributed by atoms with Crippen molar-refractivity contribution >= 4 is 0 Å². The maximum Gasteiger partial charge on any atom is 0.0307 e. The van der Waals surface area contributed by atoms with Crippen LogP contribution in [0.4, 0.5) is 0 Å². The summed E-state index contributed by atoms with van der Waals surface area (Å²) in [6.45, 7) is 3.40. The first kappa shape index (κ1) is 13.7. The van der Waals surface area contributed by atoms with E-state index >= 15 is 0 Å². The fraction of sp³-hybridized carbons (Fsp3) is 0.889. The number of rotatable bonds is 4. The molecule has 0 aromatic rings. The highest BCUT2D eigenvalue weighted by Gasteiger charge is 2.36. The largest absolute Gasteiger partial charge is 0.310 e. The van der Waals surface area contributed by atoms with Crippen molar-refractivity contribution in [2.45, 2.75) is 77.2 Å². The summed E-state index contributed by atoms with van der Waals surface area (Å²) >= 11 is 0. The van der Waals surface area contributed by atoms with Gasteiger partial charge in [0.2, 0.25) is 0 Å². The van der Waals surface area contributed by atoms with Gasteiger partial charge in [0.1, 0.15) is 0 Å². The summed E-state index contributed by atoms with van der Waals surface area (Å²) in [5.41, 5.74) is 1.75. The van der Waals surface area contributed by atoms with Gasteiger partial charge in [0, 0.05) is 6.04 Å². The third-order valence-electron chi connectivity index (χ3n) is 5.95. The highest BCUT2D eigenvalue weighted by molar-refractivity contribution is 5.17. The van der Waals surface area contributed by atoms with Crippen LogP contribution in [0.2, 0.25) is 0 Å². The minimum absolute atomic E-state index is 0.718. The van der Waals surface area contributed by atoms with Gasteiger partial charge in [-0.2, -0.15) is 0 Å². The van der Waals surface area contributed by atoms with E-state index in [1.807, 2.05) is 0 Å². The standard InChI is InChI=1S/C18H31N/c1-2-19-18(15-8-4-5-9-15)17-12-11-14-7-3-6-10-16(14)13-17/h8,14,16-19H,2-7,9-13H2,1H3. The van der Waals surface area contributed by atoms with Crippen LogP contribution in [-0.4, -0.2) is 12.6 Å². The molecule has 4 atom stereocenters. The third kappa shape index (κ3) is 3.07. The maximum absolute atomic E-state index is 3.82. The van der Waals surface area contributed by atoms with E-state index in [0.29, 0.717) is 0 Å². The van der Waals surface area contributed by atoms with Crippen molar-refractivity contribution in [1.29, 1.82) is 0 Å². The first-order chi connectivity index (χ1) is 9.38. The summed E-state index contributed by atoms with van der Waals surface area (Å²) in [6.07, 6.45) is 17.2. The lowest BCUT2D eigenvalue weighted by Crippen LogP contribution is -2.42. The Morgan fingerprint density at radius 3 is 2.68 bits per heavy atom. The molecule has 0 heterocycles. The molecule has 4 unspecified atom stereocenters. The van der Waals surface area contributed by atoms with Gasteiger partial charge in [-0.25, -0.2) is 0 Å². The lowest BCUT2D eigenvalue weighted by atomic mass is 9.65. The summed E-state index contributed by atoms with van der Waals surface area (Å²) in [5, 5.41) is 3.82. The molecule has 0 bridgehead atoms. The third-order valence-corrected chi connectivity index (χ3v) is 5.95. The van der Waals surface area contributed by atoms with Crippen LogP contribution in [0.1, 0.15) is 71.1 Å². The summed E-state index contributed by atoms with van der Waals surface area (Å²) in [5.74, 6) is 3.09. The van der Waals surface area contributed by atoms with Gasteiger partial charge in [-0.3, -0.25) is 0 Å². The monoisotopic (exact) mass is 261 g/mol. The number of hydrogen-bond acceptors (Lipinski definition) is 1. The van der Waals surface area contributed by atoms with E-state index in [4.69, 9.17) is 0 Å². The quantitative estimate of drug-likeness (QED) is 0.724. The van der Waals surface area contributed by atoms with Crippen LogP contribution in [0.25, 0.3) is 0 Å². The first-order valence-electron chi connectivity index (χ1n) is 8.80. The number of nitrogens with one attached hydrogen (secondary N) is 1. The van der Waals surface area contributed by atoms with Gasteiger partial charge in [-0.15, -0.1) is 0 Å². The van der Waals surface area contributed by atoms with Gasteiger partial charge < -0.3 is 5.32 Å². The molecule has 0 aromatic heterocycles. The summed E-state index contributed by atoms with van der Waals surface area (Å²) < 4.78 is 0. The van der Waals surface area contributed by atoms with E-state index in [-0.39, 0.29) is 0 Å². The van der Waals surface area contributed by atoms with Crippen molar-refractivity contribution in [3.63, 3.8) is 0 Å².